The van der Waals surface area contributed by atoms with E-state index >= 15 is 0 Å². The molecule has 156 valence electrons. The molecule has 8 nitrogen and oxygen atoms in total. The molecule has 1 aliphatic heterocycles. The maximum absolute atomic E-state index is 12.9. The van der Waals surface area contributed by atoms with Crippen LogP contribution in [-0.2, 0) is 0 Å². The van der Waals surface area contributed by atoms with Crippen LogP contribution in [0.1, 0.15) is 53.8 Å². The van der Waals surface area contributed by atoms with Crippen LogP contribution in [0, 0.1) is 6.92 Å². The lowest BCUT2D eigenvalue weighted by Gasteiger charge is -2.28. The second-order valence-electron chi connectivity index (χ2n) is 7.74. The van der Waals surface area contributed by atoms with E-state index in [1.807, 2.05) is 19.9 Å². The van der Waals surface area contributed by atoms with Gasteiger partial charge in [0.1, 0.15) is 11.5 Å². The maximum atomic E-state index is 12.9. The first kappa shape index (κ1) is 19.9. The summed E-state index contributed by atoms with van der Waals surface area (Å²) < 4.78 is 1.57. The number of piperidine rings is 1. The van der Waals surface area contributed by atoms with Crippen molar-refractivity contribution >= 4 is 23.1 Å². The van der Waals surface area contributed by atoms with Crippen LogP contribution in [0.5, 0.6) is 0 Å². The standard InChI is InChI=1S/C22H25N5O3/c1-14-11-16(15(2)24-17-7-6-8-23-20(17)22(29)30)21-25-18(12-19(28)27(21)13-14)26-9-4-3-5-10-26/h6-8,11-13,15,24H,3-5,9-10H2,1-2H3,(H,29,30)/t15-/m1/s1. The molecule has 0 bridgehead atoms. The van der Waals surface area contributed by atoms with Gasteiger partial charge in [-0.1, -0.05) is 0 Å². The lowest BCUT2D eigenvalue weighted by atomic mass is 10.1. The van der Waals surface area contributed by atoms with Crippen molar-refractivity contribution in [2.75, 3.05) is 23.3 Å². The summed E-state index contributed by atoms with van der Waals surface area (Å²) in [5.41, 5.74) is 2.59. The van der Waals surface area contributed by atoms with Gasteiger partial charge in [0, 0.05) is 37.1 Å². The Morgan fingerprint density at radius 2 is 2.00 bits per heavy atom. The Labute approximate surface area is 174 Å². The fraction of sp³-hybridized carbons (Fsp3) is 0.364. The molecule has 1 atom stereocenters. The highest BCUT2D eigenvalue weighted by Gasteiger charge is 2.19. The van der Waals surface area contributed by atoms with Crippen LogP contribution >= 0.6 is 0 Å². The molecule has 0 saturated carbocycles. The van der Waals surface area contributed by atoms with Gasteiger partial charge in [-0.15, -0.1) is 0 Å². The van der Waals surface area contributed by atoms with E-state index in [2.05, 4.69) is 15.2 Å². The van der Waals surface area contributed by atoms with E-state index in [4.69, 9.17) is 4.98 Å². The van der Waals surface area contributed by atoms with Crippen molar-refractivity contribution in [2.24, 2.45) is 0 Å². The van der Waals surface area contributed by atoms with Crippen LogP contribution in [0.15, 0.2) is 41.5 Å². The Hall–Kier alpha value is -3.42. The van der Waals surface area contributed by atoms with Crippen molar-refractivity contribution in [1.29, 1.82) is 0 Å². The molecule has 0 unspecified atom stereocenters. The summed E-state index contributed by atoms with van der Waals surface area (Å²) in [4.78, 5) is 35.3. The minimum absolute atomic E-state index is 0.0413. The van der Waals surface area contributed by atoms with Crippen LogP contribution in [0.3, 0.4) is 0 Å². The Bertz CT molecular complexity index is 1150. The number of fused-ring (bicyclic) bond motifs is 1. The molecular weight excluding hydrogens is 382 g/mol. The highest BCUT2D eigenvalue weighted by Crippen LogP contribution is 2.26. The van der Waals surface area contributed by atoms with Gasteiger partial charge in [0.15, 0.2) is 5.69 Å². The molecule has 0 radical (unpaired) electrons. The number of hydrogen-bond donors (Lipinski definition) is 2. The summed E-state index contributed by atoms with van der Waals surface area (Å²) in [6.07, 6.45) is 6.63. The van der Waals surface area contributed by atoms with Crippen molar-refractivity contribution < 1.29 is 9.90 Å². The van der Waals surface area contributed by atoms with Crippen LogP contribution < -0.4 is 15.8 Å². The van der Waals surface area contributed by atoms with Crippen LogP contribution in [0.25, 0.3) is 5.65 Å². The number of nitrogens with zero attached hydrogens (tertiary/aromatic N) is 4. The second-order valence-corrected chi connectivity index (χ2v) is 7.74. The predicted octanol–water partition coefficient (Wildman–Crippen LogP) is 3.26. The van der Waals surface area contributed by atoms with Gasteiger partial charge in [-0.2, -0.15) is 0 Å². The van der Waals surface area contributed by atoms with E-state index in [1.165, 1.54) is 12.6 Å². The number of carboxylic acids is 1. The molecule has 4 heterocycles. The highest BCUT2D eigenvalue weighted by molar-refractivity contribution is 5.91. The van der Waals surface area contributed by atoms with Gasteiger partial charge in [0.25, 0.3) is 5.56 Å². The number of pyridine rings is 2. The molecule has 1 saturated heterocycles. The number of anilines is 2. The number of nitrogens with one attached hydrogen (secondary N) is 1. The second kappa shape index (κ2) is 8.14. The predicted molar refractivity (Wildman–Crippen MR) is 115 cm³/mol. The third-order valence-electron chi connectivity index (χ3n) is 5.44. The van der Waals surface area contributed by atoms with Crippen LogP contribution in [0.2, 0.25) is 0 Å². The Kier molecular flexibility index (Phi) is 5.39. The molecule has 0 aliphatic carbocycles. The number of aromatic nitrogens is 3. The van der Waals surface area contributed by atoms with E-state index in [-0.39, 0.29) is 17.3 Å². The van der Waals surface area contributed by atoms with Crippen molar-refractivity contribution in [1.82, 2.24) is 14.4 Å². The summed E-state index contributed by atoms with van der Waals surface area (Å²) in [6, 6.07) is 6.67. The lowest BCUT2D eigenvalue weighted by molar-refractivity contribution is 0.0691. The molecule has 4 rings (SSSR count). The first-order valence-corrected chi connectivity index (χ1v) is 10.2. The molecule has 1 aliphatic rings. The Balaban J connectivity index is 1.78. The van der Waals surface area contributed by atoms with Crippen LogP contribution in [-0.4, -0.2) is 38.5 Å². The maximum Gasteiger partial charge on any atom is 0.356 e. The third-order valence-corrected chi connectivity index (χ3v) is 5.44. The zero-order chi connectivity index (χ0) is 21.3. The van der Waals surface area contributed by atoms with Gasteiger partial charge >= 0.3 is 5.97 Å². The number of aromatic carboxylic acids is 1. The van der Waals surface area contributed by atoms with E-state index in [1.54, 1.807) is 28.8 Å². The van der Waals surface area contributed by atoms with Gasteiger partial charge in [0.2, 0.25) is 0 Å². The molecule has 1 fully saturated rings. The largest absolute Gasteiger partial charge is 0.476 e. The molecule has 8 heteroatoms. The van der Waals surface area contributed by atoms with Gasteiger partial charge in [-0.25, -0.2) is 14.8 Å². The van der Waals surface area contributed by atoms with E-state index < -0.39 is 5.97 Å². The Morgan fingerprint density at radius 1 is 1.23 bits per heavy atom. The van der Waals surface area contributed by atoms with Gasteiger partial charge in [-0.3, -0.25) is 9.20 Å². The topological polar surface area (TPSA) is 99.8 Å². The summed E-state index contributed by atoms with van der Waals surface area (Å²) in [7, 11) is 0. The average molecular weight is 407 g/mol. The number of hydrogen-bond acceptors (Lipinski definition) is 6. The van der Waals surface area contributed by atoms with Crippen LogP contribution in [0.4, 0.5) is 11.5 Å². The number of carboxylic acid groups (broad SMARTS) is 1. The molecule has 30 heavy (non-hydrogen) atoms. The van der Waals surface area contributed by atoms with E-state index in [0.29, 0.717) is 17.2 Å². The fourth-order valence-corrected chi connectivity index (χ4v) is 3.96. The summed E-state index contributed by atoms with van der Waals surface area (Å²) in [5.74, 6) is -0.397. The normalized spacial score (nSPS) is 15.2. The minimum Gasteiger partial charge on any atom is -0.476 e. The Morgan fingerprint density at radius 3 is 2.73 bits per heavy atom. The summed E-state index contributed by atoms with van der Waals surface area (Å²) in [5, 5.41) is 12.6. The van der Waals surface area contributed by atoms with Crippen molar-refractivity contribution in [3.63, 3.8) is 0 Å². The van der Waals surface area contributed by atoms with Crippen molar-refractivity contribution in [3.05, 3.63) is 63.8 Å². The van der Waals surface area contributed by atoms with E-state index in [0.717, 1.165) is 37.1 Å². The SMILES string of the molecule is Cc1cc([C@@H](C)Nc2cccnc2C(=O)O)c2nc(N3CCCCC3)cc(=O)n2c1. The first-order chi connectivity index (χ1) is 14.4. The van der Waals surface area contributed by atoms with Gasteiger partial charge in [0.05, 0.1) is 11.7 Å². The zero-order valence-electron chi connectivity index (χ0n) is 17.1. The number of carbonyl (C=O) groups is 1. The average Bonchev–Trinajstić information content (AvgIpc) is 2.74. The summed E-state index contributed by atoms with van der Waals surface area (Å²) in [6.45, 7) is 5.64. The van der Waals surface area contributed by atoms with Gasteiger partial charge < -0.3 is 15.3 Å². The quantitative estimate of drug-likeness (QED) is 0.670. The molecule has 2 N–H and O–H groups in total. The van der Waals surface area contributed by atoms with E-state index in [9.17, 15) is 14.7 Å². The number of aryl methyl sites for hydroxylation is 1. The molecular formula is C22H25N5O3. The first-order valence-electron chi connectivity index (χ1n) is 10.2. The van der Waals surface area contributed by atoms with Gasteiger partial charge in [-0.05, 0) is 56.9 Å². The molecule has 0 amide bonds. The lowest BCUT2D eigenvalue weighted by Crippen LogP contribution is -2.32. The smallest absolute Gasteiger partial charge is 0.356 e. The third kappa shape index (κ3) is 3.85. The highest BCUT2D eigenvalue weighted by atomic mass is 16.4. The molecule has 0 aromatic carbocycles. The zero-order valence-corrected chi connectivity index (χ0v) is 17.1. The van der Waals surface area contributed by atoms with Crippen molar-refractivity contribution in [2.45, 2.75) is 39.2 Å². The number of rotatable bonds is 5. The fourth-order valence-electron chi connectivity index (χ4n) is 3.96. The summed E-state index contributed by atoms with van der Waals surface area (Å²) >= 11 is 0. The monoisotopic (exact) mass is 407 g/mol. The van der Waals surface area contributed by atoms with Crippen molar-refractivity contribution in [3.8, 4) is 0 Å². The molecule has 3 aromatic heterocycles. The molecule has 0 spiro atoms. The minimum atomic E-state index is -1.10. The molecule has 3 aromatic rings.